The normalized spacial score (nSPS) is 11.1. The smallest absolute Gasteiger partial charge is 0.264 e. The lowest BCUT2D eigenvalue weighted by atomic mass is 10.2. The Morgan fingerprint density at radius 1 is 1.26 bits per heavy atom. The molecule has 1 aromatic carbocycles. The molecule has 1 heterocycles. The van der Waals surface area contributed by atoms with Gasteiger partial charge < -0.3 is 10.1 Å². The Morgan fingerprint density at radius 2 is 1.96 bits per heavy atom. The first-order valence-corrected chi connectivity index (χ1v) is 9.22. The fourth-order valence-corrected chi connectivity index (χ4v) is 4.99. The summed E-state index contributed by atoms with van der Waals surface area (Å²) in [5, 5.41) is 2.56. The van der Waals surface area contributed by atoms with Gasteiger partial charge in [0.25, 0.3) is 10.0 Å². The van der Waals surface area contributed by atoms with Crippen LogP contribution in [-0.4, -0.2) is 21.4 Å². The first-order valence-electron chi connectivity index (χ1n) is 6.16. The Morgan fingerprint density at radius 3 is 2.48 bits per heavy atom. The van der Waals surface area contributed by atoms with Gasteiger partial charge in [0, 0.05) is 12.6 Å². The molecule has 2 aromatic rings. The molecule has 0 spiro atoms. The summed E-state index contributed by atoms with van der Waals surface area (Å²) in [6.45, 7) is 1.35. The van der Waals surface area contributed by atoms with Crippen molar-refractivity contribution in [3.05, 3.63) is 32.9 Å². The van der Waals surface area contributed by atoms with Crippen molar-refractivity contribution in [3.63, 3.8) is 0 Å². The number of methoxy groups -OCH3 is 1. The molecule has 0 aliphatic carbocycles. The molecule has 23 heavy (non-hydrogen) atoms. The van der Waals surface area contributed by atoms with Crippen LogP contribution >= 0.6 is 34.5 Å². The number of halogens is 2. The van der Waals surface area contributed by atoms with Crippen molar-refractivity contribution in [1.29, 1.82) is 0 Å². The van der Waals surface area contributed by atoms with Gasteiger partial charge in [0.15, 0.2) is 0 Å². The highest BCUT2D eigenvalue weighted by molar-refractivity contribution is 7.93. The Hall–Kier alpha value is -1.48. The van der Waals surface area contributed by atoms with Crippen LogP contribution in [0.4, 0.5) is 11.4 Å². The molecule has 1 aromatic heterocycles. The maximum absolute atomic E-state index is 12.4. The summed E-state index contributed by atoms with van der Waals surface area (Å²) in [4.78, 5) is 11.0. The molecular weight excluding hydrogens is 383 g/mol. The summed E-state index contributed by atoms with van der Waals surface area (Å²) >= 11 is 12.6. The third-order valence-corrected chi connectivity index (χ3v) is 5.80. The number of thiophene rings is 1. The number of ether oxygens (including phenoxy) is 1. The van der Waals surface area contributed by atoms with E-state index in [1.807, 2.05) is 0 Å². The summed E-state index contributed by atoms with van der Waals surface area (Å²) in [5.41, 5.74) is 0.586. The van der Waals surface area contributed by atoms with Gasteiger partial charge in [-0.3, -0.25) is 9.52 Å². The van der Waals surface area contributed by atoms with Crippen molar-refractivity contribution < 1.29 is 17.9 Å². The second-order valence-corrected chi connectivity index (χ2v) is 8.33. The van der Waals surface area contributed by atoms with E-state index >= 15 is 0 Å². The van der Waals surface area contributed by atoms with Gasteiger partial charge in [0.05, 0.1) is 17.1 Å². The van der Waals surface area contributed by atoms with Gasteiger partial charge in [-0.1, -0.05) is 23.2 Å². The van der Waals surface area contributed by atoms with Crippen LogP contribution in [0.3, 0.4) is 0 Å². The van der Waals surface area contributed by atoms with E-state index in [0.29, 0.717) is 11.4 Å². The summed E-state index contributed by atoms with van der Waals surface area (Å²) < 4.78 is 32.7. The molecule has 0 aliphatic rings. The van der Waals surface area contributed by atoms with Gasteiger partial charge >= 0.3 is 0 Å². The molecule has 0 aliphatic heterocycles. The molecule has 2 N–H and O–H groups in total. The van der Waals surface area contributed by atoms with Gasteiger partial charge in [0.1, 0.15) is 15.0 Å². The lowest BCUT2D eigenvalue weighted by Gasteiger charge is -2.13. The van der Waals surface area contributed by atoms with Gasteiger partial charge in [-0.15, -0.1) is 11.3 Å². The average molecular weight is 395 g/mol. The van der Waals surface area contributed by atoms with Crippen molar-refractivity contribution in [2.45, 2.75) is 11.8 Å². The van der Waals surface area contributed by atoms with Gasteiger partial charge in [-0.05, 0) is 24.3 Å². The number of rotatable bonds is 5. The van der Waals surface area contributed by atoms with E-state index < -0.39 is 10.0 Å². The monoisotopic (exact) mass is 394 g/mol. The minimum absolute atomic E-state index is 0.0551. The third kappa shape index (κ3) is 4.29. The second kappa shape index (κ2) is 6.96. The number of hydrogen-bond acceptors (Lipinski definition) is 5. The van der Waals surface area contributed by atoms with E-state index in [1.165, 1.54) is 32.2 Å². The Kier molecular flexibility index (Phi) is 5.41. The van der Waals surface area contributed by atoms with Gasteiger partial charge in [-0.25, -0.2) is 8.42 Å². The van der Waals surface area contributed by atoms with Gasteiger partial charge in [-0.2, -0.15) is 0 Å². The number of hydrogen-bond donors (Lipinski definition) is 2. The molecule has 124 valence electrons. The first-order chi connectivity index (χ1) is 10.7. The zero-order valence-electron chi connectivity index (χ0n) is 12.0. The minimum Gasteiger partial charge on any atom is -0.495 e. The number of amides is 1. The maximum atomic E-state index is 12.4. The van der Waals surface area contributed by atoms with Crippen molar-refractivity contribution in [2.75, 3.05) is 17.1 Å². The minimum atomic E-state index is -3.95. The molecule has 0 saturated heterocycles. The molecule has 0 bridgehead atoms. The molecule has 10 heteroatoms. The Labute approximate surface area is 147 Å². The summed E-state index contributed by atoms with van der Waals surface area (Å²) in [6, 6.07) is 5.83. The van der Waals surface area contributed by atoms with E-state index in [1.54, 1.807) is 6.07 Å². The summed E-state index contributed by atoms with van der Waals surface area (Å²) in [5.74, 6) is 0.0109. The number of benzene rings is 1. The van der Waals surface area contributed by atoms with E-state index in [0.717, 1.165) is 11.3 Å². The standard InChI is InChI=1S/C13H12Cl2N2O4S2/c1-7(18)16-8-3-4-10(21-2)9(5-8)17-23(19,20)11-6-12(14)22-13(11)15/h3-6,17H,1-2H3,(H,16,18). The Bertz CT molecular complexity index is 850. The van der Waals surface area contributed by atoms with Crippen LogP contribution in [-0.2, 0) is 14.8 Å². The Balaban J connectivity index is 2.41. The third-order valence-electron chi connectivity index (χ3n) is 2.68. The van der Waals surface area contributed by atoms with Crippen LogP contribution in [0, 0.1) is 0 Å². The predicted molar refractivity (Wildman–Crippen MR) is 92.4 cm³/mol. The van der Waals surface area contributed by atoms with Crippen molar-refractivity contribution in [3.8, 4) is 5.75 Å². The molecular formula is C13H12Cl2N2O4S2. The highest BCUT2D eigenvalue weighted by atomic mass is 35.5. The highest BCUT2D eigenvalue weighted by Crippen LogP contribution is 2.36. The van der Waals surface area contributed by atoms with Crippen molar-refractivity contribution in [2.24, 2.45) is 0 Å². The summed E-state index contributed by atoms with van der Waals surface area (Å²) in [6.07, 6.45) is 0. The van der Waals surface area contributed by atoms with Gasteiger partial charge in [0.2, 0.25) is 5.91 Å². The van der Waals surface area contributed by atoms with E-state index in [2.05, 4.69) is 10.0 Å². The first kappa shape index (κ1) is 17.9. The van der Waals surface area contributed by atoms with Crippen LogP contribution in [0.25, 0.3) is 0 Å². The topological polar surface area (TPSA) is 84.5 Å². The summed E-state index contributed by atoms with van der Waals surface area (Å²) in [7, 11) is -2.55. The van der Waals surface area contributed by atoms with Crippen LogP contribution < -0.4 is 14.8 Å². The highest BCUT2D eigenvalue weighted by Gasteiger charge is 2.22. The number of anilines is 2. The lowest BCUT2D eigenvalue weighted by molar-refractivity contribution is -0.114. The lowest BCUT2D eigenvalue weighted by Crippen LogP contribution is -2.14. The van der Waals surface area contributed by atoms with E-state index in [-0.39, 0.29) is 25.2 Å². The molecule has 0 fully saturated rings. The molecule has 0 atom stereocenters. The van der Waals surface area contributed by atoms with Crippen LogP contribution in [0.15, 0.2) is 29.2 Å². The number of carbonyl (C=O) groups excluding carboxylic acids is 1. The fraction of sp³-hybridized carbons (Fsp3) is 0.154. The van der Waals surface area contributed by atoms with Crippen LogP contribution in [0.2, 0.25) is 8.67 Å². The van der Waals surface area contributed by atoms with E-state index in [4.69, 9.17) is 27.9 Å². The average Bonchev–Trinajstić information content (AvgIpc) is 2.78. The predicted octanol–water partition coefficient (Wildman–Crippen LogP) is 3.82. The molecule has 0 saturated carbocycles. The van der Waals surface area contributed by atoms with Crippen LogP contribution in [0.1, 0.15) is 6.92 Å². The molecule has 2 rings (SSSR count). The van der Waals surface area contributed by atoms with E-state index in [9.17, 15) is 13.2 Å². The number of nitrogens with one attached hydrogen (secondary N) is 2. The second-order valence-electron chi connectivity index (χ2n) is 4.39. The largest absolute Gasteiger partial charge is 0.495 e. The molecule has 1 amide bonds. The maximum Gasteiger partial charge on any atom is 0.264 e. The van der Waals surface area contributed by atoms with Crippen molar-refractivity contribution in [1.82, 2.24) is 0 Å². The number of carbonyl (C=O) groups is 1. The zero-order chi connectivity index (χ0) is 17.2. The number of sulfonamides is 1. The zero-order valence-corrected chi connectivity index (χ0v) is 15.2. The van der Waals surface area contributed by atoms with Crippen LogP contribution in [0.5, 0.6) is 5.75 Å². The molecule has 0 unspecified atom stereocenters. The SMILES string of the molecule is COc1ccc(NC(C)=O)cc1NS(=O)(=O)c1cc(Cl)sc1Cl. The molecule has 0 radical (unpaired) electrons. The van der Waals surface area contributed by atoms with Crippen molar-refractivity contribution >= 4 is 61.8 Å². The molecule has 6 nitrogen and oxygen atoms in total. The fourth-order valence-electron chi connectivity index (χ4n) is 1.78. The quantitative estimate of drug-likeness (QED) is 0.806.